The fourth-order valence-corrected chi connectivity index (χ4v) is 1.66. The average molecular weight is 266 g/mol. The van der Waals surface area contributed by atoms with Crippen LogP contribution < -0.4 is 10.2 Å². The van der Waals surface area contributed by atoms with Crippen LogP contribution in [-0.4, -0.2) is 41.4 Å². The standard InChI is InChI=1S/C13H18N2O4/c1-2-15(10-6-4-3-5-7-10)13(19)14-11(8-9-16)12(17)18/h3-7,11,16H,2,8-9H2,1H3,(H,14,19)(H,17,18)/t11-/m0/s1. The lowest BCUT2D eigenvalue weighted by Gasteiger charge is -2.23. The number of hydrogen-bond acceptors (Lipinski definition) is 3. The van der Waals surface area contributed by atoms with E-state index in [1.807, 2.05) is 6.07 Å². The quantitative estimate of drug-likeness (QED) is 0.718. The minimum absolute atomic E-state index is 0.0204. The average Bonchev–Trinajstić information content (AvgIpc) is 2.40. The normalized spacial score (nSPS) is 11.7. The van der Waals surface area contributed by atoms with Crippen molar-refractivity contribution in [2.24, 2.45) is 0 Å². The molecule has 0 bridgehead atoms. The number of para-hydroxylation sites is 1. The number of anilines is 1. The first kappa shape index (κ1) is 15.0. The number of aliphatic hydroxyl groups excluding tert-OH is 1. The van der Waals surface area contributed by atoms with Crippen LogP contribution in [0.3, 0.4) is 0 Å². The summed E-state index contributed by atoms with van der Waals surface area (Å²) in [4.78, 5) is 24.4. The molecule has 0 aromatic heterocycles. The Bertz CT molecular complexity index is 422. The smallest absolute Gasteiger partial charge is 0.326 e. The Hall–Kier alpha value is -2.08. The van der Waals surface area contributed by atoms with Gasteiger partial charge in [0, 0.05) is 25.3 Å². The second-order valence-electron chi connectivity index (χ2n) is 3.93. The summed E-state index contributed by atoms with van der Waals surface area (Å²) in [5.74, 6) is -1.16. The number of rotatable bonds is 6. The molecule has 104 valence electrons. The first-order valence-electron chi connectivity index (χ1n) is 6.06. The minimum atomic E-state index is -1.16. The summed E-state index contributed by atoms with van der Waals surface area (Å²) in [6.07, 6.45) is -0.0204. The fraction of sp³-hybridized carbons (Fsp3) is 0.385. The molecule has 6 nitrogen and oxygen atoms in total. The van der Waals surface area contributed by atoms with Crippen molar-refractivity contribution in [2.75, 3.05) is 18.1 Å². The van der Waals surface area contributed by atoms with Crippen LogP contribution in [0.4, 0.5) is 10.5 Å². The Morgan fingerprint density at radius 1 is 1.32 bits per heavy atom. The van der Waals surface area contributed by atoms with Crippen LogP contribution in [-0.2, 0) is 4.79 Å². The number of benzene rings is 1. The molecule has 1 rings (SSSR count). The molecule has 0 unspecified atom stereocenters. The van der Waals surface area contributed by atoms with Gasteiger partial charge in [-0.25, -0.2) is 9.59 Å². The van der Waals surface area contributed by atoms with Crippen LogP contribution in [0.15, 0.2) is 30.3 Å². The molecule has 0 saturated heterocycles. The molecule has 1 atom stereocenters. The van der Waals surface area contributed by atoms with E-state index in [0.29, 0.717) is 12.2 Å². The van der Waals surface area contributed by atoms with Gasteiger partial charge in [-0.05, 0) is 19.1 Å². The van der Waals surface area contributed by atoms with Crippen molar-refractivity contribution in [2.45, 2.75) is 19.4 Å². The van der Waals surface area contributed by atoms with Gasteiger partial charge >= 0.3 is 12.0 Å². The third kappa shape index (κ3) is 4.26. The highest BCUT2D eigenvalue weighted by Gasteiger charge is 2.22. The number of aliphatic carboxylic acids is 1. The molecule has 0 spiro atoms. The van der Waals surface area contributed by atoms with E-state index in [2.05, 4.69) is 5.32 Å². The van der Waals surface area contributed by atoms with E-state index in [1.165, 1.54) is 4.90 Å². The van der Waals surface area contributed by atoms with E-state index in [9.17, 15) is 9.59 Å². The molecule has 6 heteroatoms. The Morgan fingerprint density at radius 2 is 1.95 bits per heavy atom. The van der Waals surface area contributed by atoms with Crippen molar-refractivity contribution in [1.82, 2.24) is 5.32 Å². The van der Waals surface area contributed by atoms with Crippen LogP contribution in [0.1, 0.15) is 13.3 Å². The van der Waals surface area contributed by atoms with E-state index >= 15 is 0 Å². The van der Waals surface area contributed by atoms with Crippen molar-refractivity contribution in [1.29, 1.82) is 0 Å². The van der Waals surface area contributed by atoms with Gasteiger partial charge in [0.2, 0.25) is 0 Å². The number of amides is 2. The SMILES string of the molecule is CCN(C(=O)N[C@@H](CCO)C(=O)O)c1ccccc1. The second-order valence-corrected chi connectivity index (χ2v) is 3.93. The van der Waals surface area contributed by atoms with Crippen molar-refractivity contribution >= 4 is 17.7 Å². The molecule has 0 heterocycles. The van der Waals surface area contributed by atoms with Crippen LogP contribution in [0.25, 0.3) is 0 Å². The van der Waals surface area contributed by atoms with Gasteiger partial charge in [0.05, 0.1) is 0 Å². The zero-order chi connectivity index (χ0) is 14.3. The first-order chi connectivity index (χ1) is 9.10. The Labute approximate surface area is 111 Å². The van der Waals surface area contributed by atoms with E-state index in [1.54, 1.807) is 31.2 Å². The minimum Gasteiger partial charge on any atom is -0.480 e. The maximum absolute atomic E-state index is 12.0. The van der Waals surface area contributed by atoms with Gasteiger partial charge in [0.25, 0.3) is 0 Å². The van der Waals surface area contributed by atoms with Crippen LogP contribution in [0, 0.1) is 0 Å². The molecule has 0 aliphatic rings. The molecule has 3 N–H and O–H groups in total. The molecule has 2 amide bonds. The third-order valence-corrected chi connectivity index (χ3v) is 2.64. The predicted molar refractivity (Wildman–Crippen MR) is 71.1 cm³/mol. The molecule has 0 saturated carbocycles. The molecule has 0 aliphatic carbocycles. The molecule has 0 radical (unpaired) electrons. The predicted octanol–water partition coefficient (Wildman–Crippen LogP) is 1.06. The Balaban J connectivity index is 2.76. The summed E-state index contributed by atoms with van der Waals surface area (Å²) < 4.78 is 0. The highest BCUT2D eigenvalue weighted by atomic mass is 16.4. The van der Waals surface area contributed by atoms with E-state index in [0.717, 1.165) is 0 Å². The van der Waals surface area contributed by atoms with Crippen LogP contribution in [0.2, 0.25) is 0 Å². The second kappa shape index (κ2) is 7.38. The zero-order valence-corrected chi connectivity index (χ0v) is 10.7. The van der Waals surface area contributed by atoms with E-state index in [4.69, 9.17) is 10.2 Å². The summed E-state index contributed by atoms with van der Waals surface area (Å²) in [5, 5.41) is 20.1. The number of carboxylic acids is 1. The number of nitrogens with one attached hydrogen (secondary N) is 1. The van der Waals surface area contributed by atoms with Gasteiger partial charge in [-0.2, -0.15) is 0 Å². The Morgan fingerprint density at radius 3 is 2.42 bits per heavy atom. The maximum atomic E-state index is 12.0. The van der Waals surface area contributed by atoms with Crippen molar-refractivity contribution < 1.29 is 19.8 Å². The van der Waals surface area contributed by atoms with Crippen molar-refractivity contribution in [3.05, 3.63) is 30.3 Å². The fourth-order valence-electron chi connectivity index (χ4n) is 1.66. The molecule has 0 aliphatic heterocycles. The van der Waals surface area contributed by atoms with Gasteiger partial charge in [-0.3, -0.25) is 4.90 Å². The molecule has 0 fully saturated rings. The van der Waals surface area contributed by atoms with Crippen molar-refractivity contribution in [3.8, 4) is 0 Å². The molecule has 19 heavy (non-hydrogen) atoms. The maximum Gasteiger partial charge on any atom is 0.326 e. The number of nitrogens with zero attached hydrogens (tertiary/aromatic N) is 1. The summed E-state index contributed by atoms with van der Waals surface area (Å²) in [6.45, 7) is 1.92. The topological polar surface area (TPSA) is 89.9 Å². The van der Waals surface area contributed by atoms with Gasteiger partial charge in [-0.15, -0.1) is 0 Å². The van der Waals surface area contributed by atoms with Gasteiger partial charge in [0.15, 0.2) is 0 Å². The van der Waals surface area contributed by atoms with Crippen LogP contribution in [0.5, 0.6) is 0 Å². The first-order valence-corrected chi connectivity index (χ1v) is 6.06. The summed E-state index contributed by atoms with van der Waals surface area (Å²) >= 11 is 0. The van der Waals surface area contributed by atoms with E-state index < -0.39 is 18.0 Å². The summed E-state index contributed by atoms with van der Waals surface area (Å²) in [6, 6.07) is 7.39. The van der Waals surface area contributed by atoms with Gasteiger partial charge in [0.1, 0.15) is 6.04 Å². The number of carbonyl (C=O) groups is 2. The monoisotopic (exact) mass is 266 g/mol. The van der Waals surface area contributed by atoms with Crippen LogP contribution >= 0.6 is 0 Å². The van der Waals surface area contributed by atoms with Gasteiger partial charge < -0.3 is 15.5 Å². The molecule has 1 aromatic carbocycles. The summed E-state index contributed by atoms with van der Waals surface area (Å²) in [7, 11) is 0. The highest BCUT2D eigenvalue weighted by molar-refractivity contribution is 5.94. The summed E-state index contributed by atoms with van der Waals surface area (Å²) in [5.41, 5.74) is 0.690. The number of carbonyl (C=O) groups excluding carboxylic acids is 1. The number of hydrogen-bond donors (Lipinski definition) is 3. The number of urea groups is 1. The largest absolute Gasteiger partial charge is 0.480 e. The Kier molecular flexibility index (Phi) is 5.81. The lowest BCUT2D eigenvalue weighted by Crippen LogP contribution is -2.48. The number of aliphatic hydroxyl groups is 1. The molecule has 1 aromatic rings. The lowest BCUT2D eigenvalue weighted by atomic mass is 10.2. The third-order valence-electron chi connectivity index (χ3n) is 2.64. The van der Waals surface area contributed by atoms with E-state index in [-0.39, 0.29) is 13.0 Å². The number of carboxylic acid groups (broad SMARTS) is 1. The highest BCUT2D eigenvalue weighted by Crippen LogP contribution is 2.13. The zero-order valence-electron chi connectivity index (χ0n) is 10.7. The lowest BCUT2D eigenvalue weighted by molar-refractivity contribution is -0.139. The molecular weight excluding hydrogens is 248 g/mol. The molecular formula is C13H18N2O4. The van der Waals surface area contributed by atoms with Crippen molar-refractivity contribution in [3.63, 3.8) is 0 Å². The van der Waals surface area contributed by atoms with Gasteiger partial charge in [-0.1, -0.05) is 18.2 Å².